The zero-order chi connectivity index (χ0) is 25.9. The molecule has 3 heterocycles. The third kappa shape index (κ3) is 4.93. The highest BCUT2D eigenvalue weighted by Gasteiger charge is 2.53. The maximum absolute atomic E-state index is 13.4. The molecule has 5 rings (SSSR count). The smallest absolute Gasteiger partial charge is 0.241 e. The molecule has 0 aliphatic carbocycles. The molecule has 0 aromatic heterocycles. The SMILES string of the molecule is COc1cc(C2OC2N2CC(C#N)CC2C(=O)N2CCCC2C#N)cc(OC)c1OCc1ccccc1. The molecular weight excluding hydrogens is 472 g/mol. The van der Waals surface area contributed by atoms with Crippen LogP contribution >= 0.6 is 0 Å². The first-order valence-corrected chi connectivity index (χ1v) is 12.5. The van der Waals surface area contributed by atoms with Gasteiger partial charge in [-0.2, -0.15) is 10.5 Å². The van der Waals surface area contributed by atoms with Crippen molar-refractivity contribution in [3.63, 3.8) is 0 Å². The summed E-state index contributed by atoms with van der Waals surface area (Å²) in [5.41, 5.74) is 1.86. The number of benzene rings is 2. The normalized spacial score (nSPS) is 26.8. The zero-order valence-electron chi connectivity index (χ0n) is 21.0. The van der Waals surface area contributed by atoms with E-state index in [1.807, 2.05) is 47.4 Å². The Balaban J connectivity index is 1.34. The second kappa shape index (κ2) is 10.7. The Morgan fingerprint density at radius 3 is 2.49 bits per heavy atom. The minimum Gasteiger partial charge on any atom is -0.493 e. The first-order valence-electron chi connectivity index (χ1n) is 12.5. The number of hydrogen-bond acceptors (Lipinski definition) is 8. The molecule has 3 aliphatic heterocycles. The van der Waals surface area contributed by atoms with Gasteiger partial charge in [-0.25, -0.2) is 0 Å². The highest BCUT2D eigenvalue weighted by molar-refractivity contribution is 5.83. The standard InChI is InChI=1S/C28H30N4O5/c1-34-23-12-20(13-24(35-2)26(23)36-17-18-7-4-3-5-8-18)25-28(37-25)32-16-19(14-29)11-22(32)27(33)31-10-6-9-21(31)15-30/h3-5,7-8,12-13,19,21-22,25,28H,6,9-11,16-17H2,1-2H3. The number of likely N-dealkylation sites (tertiary alicyclic amines) is 2. The van der Waals surface area contributed by atoms with Crippen LogP contribution in [0.25, 0.3) is 0 Å². The summed E-state index contributed by atoms with van der Waals surface area (Å²) >= 11 is 0. The molecular formula is C28H30N4O5. The van der Waals surface area contributed by atoms with Crippen molar-refractivity contribution in [1.82, 2.24) is 9.80 Å². The van der Waals surface area contributed by atoms with Crippen LogP contribution in [0, 0.1) is 28.6 Å². The van der Waals surface area contributed by atoms with Crippen molar-refractivity contribution in [2.75, 3.05) is 27.3 Å². The molecule has 0 bridgehead atoms. The molecule has 5 unspecified atom stereocenters. The molecule has 9 heteroatoms. The van der Waals surface area contributed by atoms with Gasteiger partial charge < -0.3 is 23.8 Å². The number of rotatable bonds is 8. The summed E-state index contributed by atoms with van der Waals surface area (Å²) in [4.78, 5) is 17.1. The summed E-state index contributed by atoms with van der Waals surface area (Å²) in [7, 11) is 3.15. The van der Waals surface area contributed by atoms with Gasteiger partial charge in [0.25, 0.3) is 0 Å². The first-order chi connectivity index (χ1) is 18.1. The van der Waals surface area contributed by atoms with Crippen LogP contribution < -0.4 is 14.2 Å². The fraction of sp³-hybridized carbons (Fsp3) is 0.464. The van der Waals surface area contributed by atoms with E-state index in [0.717, 1.165) is 17.5 Å². The maximum atomic E-state index is 13.4. The molecule has 0 N–H and O–H groups in total. The van der Waals surface area contributed by atoms with Crippen molar-refractivity contribution >= 4 is 5.91 Å². The third-order valence-electron chi connectivity index (χ3n) is 7.32. The van der Waals surface area contributed by atoms with E-state index in [9.17, 15) is 15.3 Å². The van der Waals surface area contributed by atoms with Crippen molar-refractivity contribution < 1.29 is 23.7 Å². The summed E-state index contributed by atoms with van der Waals surface area (Å²) < 4.78 is 23.4. The Morgan fingerprint density at radius 2 is 1.84 bits per heavy atom. The molecule has 2 aromatic rings. The van der Waals surface area contributed by atoms with Gasteiger partial charge in [0.1, 0.15) is 25.0 Å². The number of methoxy groups -OCH3 is 2. The highest BCUT2D eigenvalue weighted by atomic mass is 16.6. The summed E-state index contributed by atoms with van der Waals surface area (Å²) in [6, 6.07) is 17.3. The third-order valence-corrected chi connectivity index (χ3v) is 7.32. The summed E-state index contributed by atoms with van der Waals surface area (Å²) in [5.74, 6) is 1.20. The van der Waals surface area contributed by atoms with Gasteiger partial charge in [-0.1, -0.05) is 30.3 Å². The van der Waals surface area contributed by atoms with Crippen molar-refractivity contribution in [2.24, 2.45) is 5.92 Å². The van der Waals surface area contributed by atoms with Gasteiger partial charge >= 0.3 is 0 Å². The van der Waals surface area contributed by atoms with Crippen LogP contribution in [0.15, 0.2) is 42.5 Å². The molecule has 9 nitrogen and oxygen atoms in total. The highest BCUT2D eigenvalue weighted by Crippen LogP contribution is 2.49. The zero-order valence-corrected chi connectivity index (χ0v) is 21.0. The van der Waals surface area contributed by atoms with Crippen molar-refractivity contribution in [1.29, 1.82) is 10.5 Å². The average molecular weight is 503 g/mol. The van der Waals surface area contributed by atoms with E-state index in [4.69, 9.17) is 18.9 Å². The van der Waals surface area contributed by atoms with Crippen LogP contribution in [0.2, 0.25) is 0 Å². The molecule has 0 saturated carbocycles. The number of amides is 1. The van der Waals surface area contributed by atoms with Crippen molar-refractivity contribution in [3.8, 4) is 29.4 Å². The predicted octanol–water partition coefficient (Wildman–Crippen LogP) is 3.41. The Labute approximate surface area is 216 Å². The van der Waals surface area contributed by atoms with E-state index >= 15 is 0 Å². The molecule has 2 aromatic carbocycles. The van der Waals surface area contributed by atoms with Crippen LogP contribution in [0.5, 0.6) is 17.2 Å². The Kier molecular flexibility index (Phi) is 7.18. The van der Waals surface area contributed by atoms with E-state index in [1.165, 1.54) is 0 Å². The summed E-state index contributed by atoms with van der Waals surface area (Å²) in [6.45, 7) is 1.39. The van der Waals surface area contributed by atoms with E-state index in [2.05, 4.69) is 12.1 Å². The molecule has 3 fully saturated rings. The molecule has 5 atom stereocenters. The Hall–Kier alpha value is -3.79. The van der Waals surface area contributed by atoms with Gasteiger partial charge in [0.05, 0.1) is 38.3 Å². The van der Waals surface area contributed by atoms with E-state index in [-0.39, 0.29) is 24.2 Å². The molecule has 0 radical (unpaired) electrons. The second-order valence-electron chi connectivity index (χ2n) is 9.57. The fourth-order valence-corrected chi connectivity index (χ4v) is 5.37. The monoisotopic (exact) mass is 502 g/mol. The number of nitriles is 2. The number of nitrogens with zero attached hydrogens (tertiary/aromatic N) is 4. The lowest BCUT2D eigenvalue weighted by molar-refractivity contribution is -0.136. The van der Waals surface area contributed by atoms with Crippen molar-refractivity contribution in [2.45, 2.75) is 50.3 Å². The quantitative estimate of drug-likeness (QED) is 0.505. The van der Waals surface area contributed by atoms with Gasteiger partial charge in [-0.05, 0) is 42.5 Å². The van der Waals surface area contributed by atoms with E-state index < -0.39 is 12.1 Å². The average Bonchev–Trinajstić information content (AvgIpc) is 3.38. The van der Waals surface area contributed by atoms with Crippen LogP contribution in [0.3, 0.4) is 0 Å². The van der Waals surface area contributed by atoms with Crippen LogP contribution in [-0.2, 0) is 16.1 Å². The van der Waals surface area contributed by atoms with Gasteiger partial charge in [-0.15, -0.1) is 0 Å². The number of carbonyl (C=O) groups excluding carboxylic acids is 1. The topological polar surface area (TPSA) is 111 Å². The molecule has 1 amide bonds. The first kappa shape index (κ1) is 24.9. The minimum absolute atomic E-state index is 0.0872. The molecule has 192 valence electrons. The van der Waals surface area contributed by atoms with Crippen LogP contribution in [0.4, 0.5) is 0 Å². The second-order valence-corrected chi connectivity index (χ2v) is 9.57. The van der Waals surface area contributed by atoms with Crippen molar-refractivity contribution in [3.05, 3.63) is 53.6 Å². The molecule has 3 saturated heterocycles. The number of carbonyl (C=O) groups is 1. The van der Waals surface area contributed by atoms with Crippen LogP contribution in [0.1, 0.15) is 36.5 Å². The van der Waals surface area contributed by atoms with Gasteiger partial charge in [0.15, 0.2) is 11.5 Å². The van der Waals surface area contributed by atoms with E-state index in [1.54, 1.807) is 19.1 Å². The van der Waals surface area contributed by atoms with Gasteiger partial charge in [0.2, 0.25) is 11.7 Å². The lowest BCUT2D eigenvalue weighted by atomic mass is 10.1. The van der Waals surface area contributed by atoms with Gasteiger partial charge in [0, 0.05) is 13.1 Å². The maximum Gasteiger partial charge on any atom is 0.241 e. The Bertz CT molecular complexity index is 1200. The largest absolute Gasteiger partial charge is 0.493 e. The van der Waals surface area contributed by atoms with Crippen LogP contribution in [-0.4, -0.2) is 61.3 Å². The molecule has 37 heavy (non-hydrogen) atoms. The molecule has 0 spiro atoms. The minimum atomic E-state index is -0.481. The number of ether oxygens (including phenoxy) is 4. The summed E-state index contributed by atoms with van der Waals surface area (Å²) in [5, 5.41) is 19.1. The summed E-state index contributed by atoms with van der Waals surface area (Å²) in [6.07, 6.45) is 1.30. The molecule has 3 aliphatic rings. The number of epoxide rings is 1. The lowest BCUT2D eigenvalue weighted by Gasteiger charge is -2.28. The lowest BCUT2D eigenvalue weighted by Crippen LogP contribution is -2.48. The Morgan fingerprint density at radius 1 is 1.11 bits per heavy atom. The number of hydrogen-bond donors (Lipinski definition) is 0. The van der Waals surface area contributed by atoms with E-state index in [0.29, 0.717) is 49.8 Å². The predicted molar refractivity (Wildman–Crippen MR) is 132 cm³/mol. The fourth-order valence-electron chi connectivity index (χ4n) is 5.37. The van der Waals surface area contributed by atoms with Gasteiger partial charge in [-0.3, -0.25) is 9.69 Å².